The van der Waals surface area contributed by atoms with E-state index in [1.807, 2.05) is 34.9 Å². The molecule has 4 aromatic rings. The van der Waals surface area contributed by atoms with Gasteiger partial charge in [-0.2, -0.15) is 0 Å². The monoisotopic (exact) mass is 668 g/mol. The number of piperidine rings is 1. The van der Waals surface area contributed by atoms with E-state index >= 15 is 0 Å². The second kappa shape index (κ2) is 18.5. The summed E-state index contributed by atoms with van der Waals surface area (Å²) in [7, 11) is 0. The Labute approximate surface area is 288 Å². The third-order valence-corrected chi connectivity index (χ3v) is 9.75. The van der Waals surface area contributed by atoms with Gasteiger partial charge in [-0.05, 0) is 115 Å². The molecule has 0 spiro atoms. The maximum absolute atomic E-state index is 13.1. The largest absolute Gasteiger partial charge is 0.611 e. The van der Waals surface area contributed by atoms with Crippen LogP contribution in [-0.4, -0.2) is 52.9 Å². The van der Waals surface area contributed by atoms with Crippen LogP contribution in [0.2, 0.25) is 0 Å². The minimum Gasteiger partial charge on any atom is -0.611 e. The number of carbonyl (C=O) groups excluding carboxylic acids is 1. The molecule has 0 aliphatic carbocycles. The third kappa shape index (κ3) is 10.2. The number of amides is 1. The number of nitrogens with zero attached hydrogens (tertiary/aromatic N) is 3. The van der Waals surface area contributed by atoms with Gasteiger partial charge >= 0.3 is 0 Å². The van der Waals surface area contributed by atoms with Crippen LogP contribution < -0.4 is 15.0 Å². The smallest absolute Gasteiger partial charge is 0.248 e. The summed E-state index contributed by atoms with van der Waals surface area (Å²) >= 11 is -1.21. The van der Waals surface area contributed by atoms with Crippen LogP contribution in [0.5, 0.6) is 5.75 Å². The summed E-state index contributed by atoms with van der Waals surface area (Å²) < 4.78 is 26.5. The van der Waals surface area contributed by atoms with E-state index in [4.69, 9.17) is 9.47 Å². The lowest BCUT2D eigenvalue weighted by Gasteiger charge is -2.30. The molecule has 0 saturated carbocycles. The number of anilines is 2. The lowest BCUT2D eigenvalue weighted by atomic mass is 9.99. The standard InChI is InChI=1S/C39H48N4O4S/c1-3-5-24-46-25-26-47-36-15-9-31(10-16-36)32-11-19-38(42-22-7-6-8-23-42)33(27-32)12-20-39(44)41-34-13-17-37(18-14-34)48(45)29-35-28-40-30-43(35)21-4-2/h9-20,27-28,30H,3-8,21-26,29H2,1-2H3,(H,41,44). The number of nitrogens with one attached hydrogen (secondary N) is 1. The van der Waals surface area contributed by atoms with Crippen molar-refractivity contribution in [3.63, 3.8) is 0 Å². The molecular formula is C39H48N4O4S. The molecule has 1 fully saturated rings. The average molecular weight is 669 g/mol. The minimum atomic E-state index is -1.21. The van der Waals surface area contributed by atoms with Gasteiger partial charge in [0.15, 0.2) is 10.6 Å². The van der Waals surface area contributed by atoms with Crippen molar-refractivity contribution in [1.82, 2.24) is 9.55 Å². The lowest BCUT2D eigenvalue weighted by Crippen LogP contribution is -2.29. The fraction of sp³-hybridized carbons (Fsp3) is 0.385. The summed E-state index contributed by atoms with van der Waals surface area (Å²) in [5.74, 6) is 1.00. The number of unbranched alkanes of at least 4 members (excludes halogenated alkanes) is 1. The Kier molecular flexibility index (Phi) is 13.6. The number of hydrogen-bond donors (Lipinski definition) is 1. The van der Waals surface area contributed by atoms with Crippen molar-refractivity contribution >= 4 is 34.5 Å². The molecule has 1 aliphatic rings. The van der Waals surface area contributed by atoms with Crippen LogP contribution in [0.4, 0.5) is 11.4 Å². The fourth-order valence-corrected chi connectivity index (χ4v) is 6.88. The van der Waals surface area contributed by atoms with Crippen molar-refractivity contribution < 1.29 is 18.8 Å². The van der Waals surface area contributed by atoms with E-state index in [-0.39, 0.29) is 5.91 Å². The number of benzene rings is 3. The molecule has 3 aromatic carbocycles. The van der Waals surface area contributed by atoms with E-state index in [0.717, 1.165) is 79.3 Å². The lowest BCUT2D eigenvalue weighted by molar-refractivity contribution is -0.111. The van der Waals surface area contributed by atoms with Gasteiger partial charge in [0.1, 0.15) is 12.4 Å². The van der Waals surface area contributed by atoms with Crippen molar-refractivity contribution in [2.75, 3.05) is 43.1 Å². The van der Waals surface area contributed by atoms with Gasteiger partial charge in [0.05, 0.1) is 24.8 Å². The molecule has 9 heteroatoms. The maximum Gasteiger partial charge on any atom is 0.248 e. The second-order valence-electron chi connectivity index (χ2n) is 12.1. The van der Waals surface area contributed by atoms with Gasteiger partial charge in [0.2, 0.25) is 5.91 Å². The molecule has 1 amide bonds. The van der Waals surface area contributed by atoms with Crippen LogP contribution in [0.25, 0.3) is 17.2 Å². The summed E-state index contributed by atoms with van der Waals surface area (Å²) in [6.45, 7) is 9.02. The molecule has 1 unspecified atom stereocenters. The number of rotatable bonds is 17. The van der Waals surface area contributed by atoms with Gasteiger partial charge in [-0.15, -0.1) is 0 Å². The summed E-state index contributed by atoms with van der Waals surface area (Å²) in [6.07, 6.45) is 13.8. The number of carbonyl (C=O) groups is 1. The van der Waals surface area contributed by atoms with Crippen LogP contribution >= 0.6 is 0 Å². The zero-order chi connectivity index (χ0) is 33.6. The van der Waals surface area contributed by atoms with E-state index in [1.54, 1.807) is 30.7 Å². The quantitative estimate of drug-likeness (QED) is 0.0695. The topological polar surface area (TPSA) is 91.7 Å². The molecule has 1 saturated heterocycles. The molecule has 1 aromatic heterocycles. The highest BCUT2D eigenvalue weighted by Gasteiger charge is 2.17. The first-order valence-corrected chi connectivity index (χ1v) is 18.5. The first-order valence-electron chi connectivity index (χ1n) is 17.2. The van der Waals surface area contributed by atoms with Crippen LogP contribution in [0, 0.1) is 0 Å². The fourth-order valence-electron chi connectivity index (χ4n) is 5.77. The number of aromatic nitrogens is 2. The Morgan fingerprint density at radius 3 is 2.46 bits per heavy atom. The van der Waals surface area contributed by atoms with Crippen molar-refractivity contribution in [1.29, 1.82) is 0 Å². The van der Waals surface area contributed by atoms with E-state index < -0.39 is 11.2 Å². The molecule has 8 nitrogen and oxygen atoms in total. The third-order valence-electron chi connectivity index (χ3n) is 8.39. The van der Waals surface area contributed by atoms with Gasteiger partial charge < -0.3 is 28.8 Å². The Bertz CT molecular complexity index is 1600. The van der Waals surface area contributed by atoms with E-state index in [0.29, 0.717) is 29.5 Å². The predicted octanol–water partition coefficient (Wildman–Crippen LogP) is 8.11. The Hall–Kier alpha value is -4.05. The highest BCUT2D eigenvalue weighted by atomic mass is 32.2. The summed E-state index contributed by atoms with van der Waals surface area (Å²) in [5, 5.41) is 2.96. The number of aryl methyl sites for hydroxylation is 1. The van der Waals surface area contributed by atoms with Gasteiger partial charge in [-0.1, -0.05) is 38.5 Å². The number of imidazole rings is 1. The van der Waals surface area contributed by atoms with E-state index in [9.17, 15) is 9.35 Å². The molecule has 1 aliphatic heterocycles. The van der Waals surface area contributed by atoms with E-state index in [2.05, 4.69) is 59.4 Å². The first-order chi connectivity index (χ1) is 23.5. The molecule has 48 heavy (non-hydrogen) atoms. The SMILES string of the molecule is CCCCOCCOc1ccc(-c2ccc(N3CCCCC3)c(C=CC(=O)Nc3ccc([S+]([O-])Cc4cncn4CCC)cc3)c2)cc1. The minimum absolute atomic E-state index is 0.220. The molecule has 1 atom stereocenters. The Morgan fingerprint density at radius 1 is 0.938 bits per heavy atom. The van der Waals surface area contributed by atoms with Gasteiger partial charge in [-0.3, -0.25) is 4.79 Å². The van der Waals surface area contributed by atoms with E-state index in [1.165, 1.54) is 19.3 Å². The summed E-state index contributed by atoms with van der Waals surface area (Å²) in [4.78, 5) is 20.4. The predicted molar refractivity (Wildman–Crippen MR) is 196 cm³/mol. The highest BCUT2D eigenvalue weighted by Crippen LogP contribution is 2.31. The number of hydrogen-bond acceptors (Lipinski definition) is 6. The summed E-state index contributed by atoms with van der Waals surface area (Å²) in [5.41, 5.74) is 5.90. The molecule has 5 rings (SSSR count). The normalized spacial score (nSPS) is 13.9. The van der Waals surface area contributed by atoms with Crippen molar-refractivity contribution in [2.45, 2.75) is 69.6 Å². The van der Waals surface area contributed by atoms with Crippen LogP contribution in [0.3, 0.4) is 0 Å². The Morgan fingerprint density at radius 2 is 1.71 bits per heavy atom. The molecule has 2 heterocycles. The van der Waals surface area contributed by atoms with Gasteiger partial charge in [0, 0.05) is 43.7 Å². The van der Waals surface area contributed by atoms with Crippen LogP contribution in [0.1, 0.15) is 63.6 Å². The maximum atomic E-state index is 13.1. The Balaban J connectivity index is 1.23. The van der Waals surface area contributed by atoms with Crippen LogP contribution in [0.15, 0.2) is 90.2 Å². The molecule has 254 valence electrons. The van der Waals surface area contributed by atoms with Crippen molar-refractivity contribution in [3.05, 3.63) is 96.6 Å². The molecule has 0 bridgehead atoms. The van der Waals surface area contributed by atoms with Crippen molar-refractivity contribution in [3.8, 4) is 16.9 Å². The molecule has 0 radical (unpaired) electrons. The van der Waals surface area contributed by atoms with Gasteiger partial charge in [0.25, 0.3) is 0 Å². The van der Waals surface area contributed by atoms with Gasteiger partial charge in [-0.25, -0.2) is 4.98 Å². The average Bonchev–Trinajstić information content (AvgIpc) is 3.56. The zero-order valence-electron chi connectivity index (χ0n) is 28.2. The van der Waals surface area contributed by atoms with Crippen LogP contribution in [-0.2, 0) is 33.0 Å². The zero-order valence-corrected chi connectivity index (χ0v) is 29.1. The highest BCUT2D eigenvalue weighted by molar-refractivity contribution is 7.90. The van der Waals surface area contributed by atoms with Crippen molar-refractivity contribution in [2.24, 2.45) is 0 Å². The second-order valence-corrected chi connectivity index (χ2v) is 13.5. The summed E-state index contributed by atoms with van der Waals surface area (Å²) in [6, 6.07) is 21.8. The first kappa shape index (κ1) is 35.3. The molecular weight excluding hydrogens is 621 g/mol. The number of ether oxygens (including phenoxy) is 2. The molecule has 1 N–H and O–H groups in total.